The van der Waals surface area contributed by atoms with E-state index in [1.807, 2.05) is 20.8 Å². The maximum absolute atomic E-state index is 11.8. The lowest BCUT2D eigenvalue weighted by Gasteiger charge is -2.33. The topological polar surface area (TPSA) is 55.6 Å². The standard InChI is InChI=1S/C9H16N2O2/c1-6-4-9(10)5-13-8(2,3)11(9)7(6)12/h6H,4-5,10H2,1-3H3/t6?,9-/m0/s1. The Morgan fingerprint density at radius 3 is 2.77 bits per heavy atom. The number of ether oxygens (including phenoxy) is 1. The lowest BCUT2D eigenvalue weighted by molar-refractivity contribution is -0.146. The first-order valence-corrected chi connectivity index (χ1v) is 4.64. The maximum Gasteiger partial charge on any atom is 0.229 e. The van der Waals surface area contributed by atoms with Crippen LogP contribution in [0.1, 0.15) is 27.2 Å². The Bertz CT molecular complexity index is 264. The van der Waals surface area contributed by atoms with Crippen LogP contribution in [0.15, 0.2) is 0 Å². The zero-order valence-corrected chi connectivity index (χ0v) is 8.33. The second-order valence-corrected chi connectivity index (χ2v) is 4.62. The van der Waals surface area contributed by atoms with Crippen molar-refractivity contribution in [2.24, 2.45) is 11.7 Å². The van der Waals surface area contributed by atoms with E-state index in [1.54, 1.807) is 4.90 Å². The van der Waals surface area contributed by atoms with Crippen LogP contribution in [0.3, 0.4) is 0 Å². The van der Waals surface area contributed by atoms with E-state index < -0.39 is 11.4 Å². The van der Waals surface area contributed by atoms with Gasteiger partial charge in [0.25, 0.3) is 0 Å². The van der Waals surface area contributed by atoms with Crippen LogP contribution >= 0.6 is 0 Å². The highest BCUT2D eigenvalue weighted by Crippen LogP contribution is 2.42. The molecular weight excluding hydrogens is 168 g/mol. The van der Waals surface area contributed by atoms with Crippen molar-refractivity contribution < 1.29 is 9.53 Å². The van der Waals surface area contributed by atoms with E-state index in [-0.39, 0.29) is 11.8 Å². The van der Waals surface area contributed by atoms with E-state index in [2.05, 4.69) is 0 Å². The molecule has 4 heteroatoms. The molecule has 2 aliphatic rings. The minimum absolute atomic E-state index is 0.0353. The van der Waals surface area contributed by atoms with Crippen molar-refractivity contribution >= 4 is 5.91 Å². The first-order valence-electron chi connectivity index (χ1n) is 4.64. The van der Waals surface area contributed by atoms with Crippen molar-refractivity contribution in [2.45, 2.75) is 38.6 Å². The van der Waals surface area contributed by atoms with Gasteiger partial charge in [-0.15, -0.1) is 0 Å². The Balaban J connectivity index is 2.38. The van der Waals surface area contributed by atoms with E-state index in [9.17, 15) is 4.79 Å². The van der Waals surface area contributed by atoms with Crippen LogP contribution in [0, 0.1) is 5.92 Å². The molecule has 0 aromatic carbocycles. The molecule has 0 spiro atoms. The summed E-state index contributed by atoms with van der Waals surface area (Å²) in [4.78, 5) is 13.5. The molecule has 2 N–H and O–H groups in total. The summed E-state index contributed by atoms with van der Waals surface area (Å²) >= 11 is 0. The predicted molar refractivity (Wildman–Crippen MR) is 47.6 cm³/mol. The van der Waals surface area contributed by atoms with Crippen LogP contribution in [0.4, 0.5) is 0 Å². The van der Waals surface area contributed by atoms with Crippen LogP contribution in [-0.4, -0.2) is 28.8 Å². The summed E-state index contributed by atoms with van der Waals surface area (Å²) in [6.07, 6.45) is 0.704. The minimum atomic E-state index is -0.556. The van der Waals surface area contributed by atoms with Crippen LogP contribution in [0.5, 0.6) is 0 Å². The van der Waals surface area contributed by atoms with Crippen LogP contribution in [0.2, 0.25) is 0 Å². The van der Waals surface area contributed by atoms with Crippen LogP contribution in [-0.2, 0) is 9.53 Å². The molecule has 2 saturated heterocycles. The number of rotatable bonds is 0. The Labute approximate surface area is 78.0 Å². The summed E-state index contributed by atoms with van der Waals surface area (Å²) in [5, 5.41) is 0. The third kappa shape index (κ3) is 1.02. The lowest BCUT2D eigenvalue weighted by Crippen LogP contribution is -2.55. The number of nitrogens with two attached hydrogens (primary N) is 1. The van der Waals surface area contributed by atoms with E-state index in [1.165, 1.54) is 0 Å². The average molecular weight is 184 g/mol. The summed E-state index contributed by atoms with van der Waals surface area (Å²) in [5.74, 6) is 0.151. The van der Waals surface area contributed by atoms with Gasteiger partial charge in [-0.2, -0.15) is 0 Å². The molecule has 2 heterocycles. The summed E-state index contributed by atoms with van der Waals surface area (Å²) in [6.45, 7) is 6.15. The van der Waals surface area contributed by atoms with Gasteiger partial charge in [-0.1, -0.05) is 6.92 Å². The largest absolute Gasteiger partial charge is 0.352 e. The Morgan fingerprint density at radius 2 is 2.23 bits per heavy atom. The quantitative estimate of drug-likeness (QED) is 0.588. The maximum atomic E-state index is 11.8. The Morgan fingerprint density at radius 1 is 1.62 bits per heavy atom. The Hall–Kier alpha value is -0.610. The number of hydrogen-bond donors (Lipinski definition) is 1. The molecule has 74 valence electrons. The van der Waals surface area contributed by atoms with Gasteiger partial charge in [0, 0.05) is 5.92 Å². The smallest absolute Gasteiger partial charge is 0.229 e. The van der Waals surface area contributed by atoms with Gasteiger partial charge in [-0.05, 0) is 20.3 Å². The van der Waals surface area contributed by atoms with Crippen molar-refractivity contribution in [1.82, 2.24) is 4.90 Å². The van der Waals surface area contributed by atoms with Crippen molar-refractivity contribution in [2.75, 3.05) is 6.61 Å². The van der Waals surface area contributed by atoms with Gasteiger partial charge < -0.3 is 10.5 Å². The molecule has 0 saturated carbocycles. The molecule has 0 aliphatic carbocycles. The molecule has 4 nitrogen and oxygen atoms in total. The van der Waals surface area contributed by atoms with Gasteiger partial charge in [0.2, 0.25) is 5.91 Å². The van der Waals surface area contributed by atoms with Crippen molar-refractivity contribution in [1.29, 1.82) is 0 Å². The van der Waals surface area contributed by atoms with E-state index in [0.717, 1.165) is 0 Å². The number of hydrogen-bond acceptors (Lipinski definition) is 3. The first-order chi connectivity index (χ1) is 5.87. The molecule has 1 amide bonds. The molecule has 0 aromatic rings. The molecule has 2 rings (SSSR count). The lowest BCUT2D eigenvalue weighted by atomic mass is 10.0. The summed E-state index contributed by atoms with van der Waals surface area (Å²) in [5.41, 5.74) is 5.01. The molecule has 2 aliphatic heterocycles. The second-order valence-electron chi connectivity index (χ2n) is 4.62. The summed E-state index contributed by atoms with van der Waals surface area (Å²) in [6, 6.07) is 0. The van der Waals surface area contributed by atoms with Gasteiger partial charge >= 0.3 is 0 Å². The highest BCUT2D eigenvalue weighted by atomic mass is 16.5. The molecule has 13 heavy (non-hydrogen) atoms. The third-order valence-corrected chi connectivity index (χ3v) is 2.96. The van der Waals surface area contributed by atoms with E-state index in [4.69, 9.17) is 10.5 Å². The fraction of sp³-hybridized carbons (Fsp3) is 0.889. The highest BCUT2D eigenvalue weighted by Gasteiger charge is 2.58. The fourth-order valence-electron chi connectivity index (χ4n) is 2.44. The zero-order valence-electron chi connectivity index (χ0n) is 8.33. The van der Waals surface area contributed by atoms with Crippen LogP contribution < -0.4 is 5.73 Å². The second kappa shape index (κ2) is 2.25. The van der Waals surface area contributed by atoms with Gasteiger partial charge in [0.1, 0.15) is 11.4 Å². The summed E-state index contributed by atoms with van der Waals surface area (Å²) in [7, 11) is 0. The Kier molecular flexibility index (Phi) is 1.55. The number of fused-ring (bicyclic) bond motifs is 1. The molecule has 0 radical (unpaired) electrons. The molecular formula is C9H16N2O2. The number of carbonyl (C=O) groups excluding carboxylic acids is 1. The van der Waals surface area contributed by atoms with Gasteiger partial charge in [-0.3, -0.25) is 9.69 Å². The molecule has 0 bridgehead atoms. The first kappa shape index (κ1) is 8.97. The van der Waals surface area contributed by atoms with Crippen molar-refractivity contribution in [3.63, 3.8) is 0 Å². The molecule has 1 unspecified atom stereocenters. The third-order valence-electron chi connectivity index (χ3n) is 2.96. The van der Waals surface area contributed by atoms with Gasteiger partial charge in [0.05, 0.1) is 6.61 Å². The van der Waals surface area contributed by atoms with Crippen LogP contribution in [0.25, 0.3) is 0 Å². The van der Waals surface area contributed by atoms with E-state index >= 15 is 0 Å². The predicted octanol–water partition coefficient (Wildman–Crippen LogP) is 0.276. The normalized spacial score (nSPS) is 42.6. The van der Waals surface area contributed by atoms with Crippen molar-refractivity contribution in [3.05, 3.63) is 0 Å². The molecule has 0 aromatic heterocycles. The number of nitrogens with zero attached hydrogens (tertiary/aromatic N) is 1. The monoisotopic (exact) mass is 184 g/mol. The number of amides is 1. The van der Waals surface area contributed by atoms with Gasteiger partial charge in [0.15, 0.2) is 0 Å². The zero-order chi connectivity index (χ0) is 9.85. The van der Waals surface area contributed by atoms with E-state index in [0.29, 0.717) is 13.0 Å². The fourth-order valence-corrected chi connectivity index (χ4v) is 2.44. The molecule has 2 atom stereocenters. The van der Waals surface area contributed by atoms with Crippen molar-refractivity contribution in [3.8, 4) is 0 Å². The molecule has 2 fully saturated rings. The minimum Gasteiger partial charge on any atom is -0.352 e. The van der Waals surface area contributed by atoms with Gasteiger partial charge in [-0.25, -0.2) is 0 Å². The SMILES string of the molecule is CC1C[C@@]2(N)COC(C)(C)N2C1=O. The average Bonchev–Trinajstić information content (AvgIpc) is 2.33. The summed E-state index contributed by atoms with van der Waals surface area (Å²) < 4.78 is 5.51. The highest BCUT2D eigenvalue weighted by molar-refractivity contribution is 5.82. The number of carbonyl (C=O) groups is 1.